The zero-order chi connectivity index (χ0) is 17.9. The van der Waals surface area contributed by atoms with Crippen molar-refractivity contribution in [2.75, 3.05) is 13.2 Å². The van der Waals surface area contributed by atoms with Crippen LogP contribution in [0.4, 0.5) is 0 Å². The SMILES string of the molecule is O=C(NCc1cc(Cl)c2c(c1)OCCCO2)c1sccc1-n1cnnn1. The van der Waals surface area contributed by atoms with Crippen molar-refractivity contribution in [1.29, 1.82) is 0 Å². The summed E-state index contributed by atoms with van der Waals surface area (Å²) in [7, 11) is 0. The van der Waals surface area contributed by atoms with E-state index in [1.807, 2.05) is 11.4 Å². The number of carbonyl (C=O) groups is 1. The van der Waals surface area contributed by atoms with Crippen molar-refractivity contribution in [2.45, 2.75) is 13.0 Å². The van der Waals surface area contributed by atoms with E-state index in [0.717, 1.165) is 12.0 Å². The molecule has 0 radical (unpaired) electrons. The fraction of sp³-hybridized carbons (Fsp3) is 0.250. The van der Waals surface area contributed by atoms with Crippen LogP contribution in [0.1, 0.15) is 21.7 Å². The first-order valence-corrected chi connectivity index (χ1v) is 9.15. The van der Waals surface area contributed by atoms with Crippen LogP contribution in [0.25, 0.3) is 5.69 Å². The molecule has 1 N–H and O–H groups in total. The summed E-state index contributed by atoms with van der Waals surface area (Å²) in [6.07, 6.45) is 2.25. The van der Waals surface area contributed by atoms with E-state index in [4.69, 9.17) is 21.1 Å². The van der Waals surface area contributed by atoms with Crippen LogP contribution in [0.3, 0.4) is 0 Å². The molecule has 2 aromatic heterocycles. The van der Waals surface area contributed by atoms with Crippen LogP contribution in [0.2, 0.25) is 5.02 Å². The molecule has 1 aromatic carbocycles. The molecule has 0 fully saturated rings. The Morgan fingerprint density at radius 1 is 1.35 bits per heavy atom. The Labute approximate surface area is 157 Å². The Balaban J connectivity index is 1.50. The molecule has 3 aromatic rings. The molecule has 1 aliphatic heterocycles. The van der Waals surface area contributed by atoms with Gasteiger partial charge in [-0.3, -0.25) is 4.79 Å². The largest absolute Gasteiger partial charge is 0.489 e. The van der Waals surface area contributed by atoms with Crippen molar-refractivity contribution < 1.29 is 14.3 Å². The fourth-order valence-electron chi connectivity index (χ4n) is 2.57. The van der Waals surface area contributed by atoms with Gasteiger partial charge in [-0.05, 0) is 39.6 Å². The number of amides is 1. The third-order valence-corrected chi connectivity index (χ3v) is 4.94. The van der Waals surface area contributed by atoms with Gasteiger partial charge in [-0.1, -0.05) is 11.6 Å². The van der Waals surface area contributed by atoms with Crippen LogP contribution in [-0.4, -0.2) is 39.3 Å². The van der Waals surface area contributed by atoms with E-state index in [1.54, 1.807) is 12.1 Å². The summed E-state index contributed by atoms with van der Waals surface area (Å²) in [5.41, 5.74) is 1.46. The molecule has 3 heterocycles. The quantitative estimate of drug-likeness (QED) is 0.734. The highest BCUT2D eigenvalue weighted by Crippen LogP contribution is 2.38. The van der Waals surface area contributed by atoms with Crippen LogP contribution < -0.4 is 14.8 Å². The molecule has 4 rings (SSSR count). The molecule has 0 aliphatic carbocycles. The van der Waals surface area contributed by atoms with Crippen LogP contribution >= 0.6 is 22.9 Å². The van der Waals surface area contributed by atoms with E-state index >= 15 is 0 Å². The summed E-state index contributed by atoms with van der Waals surface area (Å²) < 4.78 is 12.7. The number of ether oxygens (including phenoxy) is 2. The maximum atomic E-state index is 12.6. The fourth-order valence-corrected chi connectivity index (χ4v) is 3.66. The Morgan fingerprint density at radius 3 is 3.08 bits per heavy atom. The van der Waals surface area contributed by atoms with E-state index in [-0.39, 0.29) is 5.91 Å². The standard InChI is InChI=1S/C16H14ClN5O3S/c17-11-6-10(7-13-14(11)25-4-1-3-24-13)8-18-16(23)15-12(2-5-26-15)22-9-19-20-21-22/h2,5-7,9H,1,3-4,8H2,(H,18,23). The average Bonchev–Trinajstić information content (AvgIpc) is 3.27. The number of carbonyl (C=O) groups excluding carboxylic acids is 1. The molecular weight excluding hydrogens is 378 g/mol. The number of halogens is 1. The molecule has 1 aliphatic rings. The third kappa shape index (κ3) is 3.35. The number of nitrogens with zero attached hydrogens (tertiary/aromatic N) is 4. The number of benzene rings is 1. The summed E-state index contributed by atoms with van der Waals surface area (Å²) in [5, 5.41) is 16.2. The molecule has 8 nitrogen and oxygen atoms in total. The molecule has 134 valence electrons. The van der Waals surface area contributed by atoms with Crippen LogP contribution in [0.5, 0.6) is 11.5 Å². The maximum absolute atomic E-state index is 12.6. The first-order valence-electron chi connectivity index (χ1n) is 7.89. The van der Waals surface area contributed by atoms with Crippen LogP contribution in [0, 0.1) is 0 Å². The Kier molecular flexibility index (Phi) is 4.72. The van der Waals surface area contributed by atoms with E-state index in [0.29, 0.717) is 46.8 Å². The monoisotopic (exact) mass is 391 g/mol. The van der Waals surface area contributed by atoms with Crippen molar-refractivity contribution in [1.82, 2.24) is 25.5 Å². The molecule has 1 amide bonds. The minimum Gasteiger partial charge on any atom is -0.489 e. The number of tetrazole rings is 1. The van der Waals surface area contributed by atoms with Gasteiger partial charge in [0, 0.05) is 13.0 Å². The first-order chi connectivity index (χ1) is 12.7. The van der Waals surface area contributed by atoms with Gasteiger partial charge in [0.1, 0.15) is 11.2 Å². The molecule has 0 atom stereocenters. The normalized spacial score (nSPS) is 13.3. The molecule has 0 spiro atoms. The third-order valence-electron chi connectivity index (χ3n) is 3.76. The maximum Gasteiger partial charge on any atom is 0.263 e. The molecule has 0 saturated carbocycles. The first kappa shape index (κ1) is 16.8. The minimum absolute atomic E-state index is 0.214. The zero-order valence-corrected chi connectivity index (χ0v) is 15.1. The highest BCUT2D eigenvalue weighted by molar-refractivity contribution is 7.12. The number of hydrogen-bond acceptors (Lipinski definition) is 7. The van der Waals surface area contributed by atoms with Gasteiger partial charge in [0.2, 0.25) is 0 Å². The van der Waals surface area contributed by atoms with Gasteiger partial charge in [-0.25, -0.2) is 0 Å². The minimum atomic E-state index is -0.214. The lowest BCUT2D eigenvalue weighted by Crippen LogP contribution is -2.23. The van der Waals surface area contributed by atoms with E-state index in [2.05, 4.69) is 20.8 Å². The summed E-state index contributed by atoms with van der Waals surface area (Å²) >= 11 is 7.61. The van der Waals surface area contributed by atoms with Gasteiger partial charge in [0.05, 0.1) is 23.9 Å². The van der Waals surface area contributed by atoms with Gasteiger partial charge < -0.3 is 14.8 Å². The van der Waals surface area contributed by atoms with E-state index in [9.17, 15) is 4.79 Å². The topological polar surface area (TPSA) is 91.2 Å². The van der Waals surface area contributed by atoms with E-state index < -0.39 is 0 Å². The lowest BCUT2D eigenvalue weighted by Gasteiger charge is -2.12. The summed E-state index contributed by atoms with van der Waals surface area (Å²) in [4.78, 5) is 13.1. The van der Waals surface area contributed by atoms with Gasteiger partial charge >= 0.3 is 0 Å². The molecule has 0 bridgehead atoms. The van der Waals surface area contributed by atoms with Crippen LogP contribution in [-0.2, 0) is 6.54 Å². The van der Waals surface area contributed by atoms with Gasteiger partial charge in [-0.15, -0.1) is 16.4 Å². The second kappa shape index (κ2) is 7.30. The Morgan fingerprint density at radius 2 is 2.23 bits per heavy atom. The van der Waals surface area contributed by atoms with Gasteiger partial charge in [-0.2, -0.15) is 4.68 Å². The number of rotatable bonds is 4. The zero-order valence-electron chi connectivity index (χ0n) is 13.5. The second-order valence-electron chi connectivity index (χ2n) is 5.53. The van der Waals surface area contributed by atoms with Crippen molar-refractivity contribution in [3.63, 3.8) is 0 Å². The number of aromatic nitrogens is 4. The molecular formula is C16H14ClN5O3S. The number of thiophene rings is 1. The predicted molar refractivity (Wildman–Crippen MR) is 95.3 cm³/mol. The van der Waals surface area contributed by atoms with Crippen molar-refractivity contribution in [3.8, 4) is 17.2 Å². The Bertz CT molecular complexity index is 928. The number of nitrogens with one attached hydrogen (secondary N) is 1. The molecule has 26 heavy (non-hydrogen) atoms. The highest BCUT2D eigenvalue weighted by atomic mass is 35.5. The van der Waals surface area contributed by atoms with Gasteiger partial charge in [0.15, 0.2) is 11.5 Å². The van der Waals surface area contributed by atoms with Crippen molar-refractivity contribution in [2.24, 2.45) is 0 Å². The van der Waals surface area contributed by atoms with Crippen LogP contribution in [0.15, 0.2) is 29.9 Å². The predicted octanol–water partition coefficient (Wildman–Crippen LogP) is 2.47. The lowest BCUT2D eigenvalue weighted by molar-refractivity contribution is 0.0955. The van der Waals surface area contributed by atoms with Crippen molar-refractivity contribution >= 4 is 28.8 Å². The molecule has 10 heteroatoms. The average molecular weight is 392 g/mol. The second-order valence-corrected chi connectivity index (χ2v) is 6.85. The van der Waals surface area contributed by atoms with Crippen molar-refractivity contribution in [3.05, 3.63) is 45.4 Å². The molecule has 0 unspecified atom stereocenters. The summed E-state index contributed by atoms with van der Waals surface area (Å²) in [6, 6.07) is 5.40. The number of fused-ring (bicyclic) bond motifs is 1. The number of hydrogen-bond donors (Lipinski definition) is 1. The summed E-state index contributed by atoms with van der Waals surface area (Å²) in [6.45, 7) is 1.45. The molecule has 0 saturated heterocycles. The summed E-state index contributed by atoms with van der Waals surface area (Å²) in [5.74, 6) is 0.942. The van der Waals surface area contributed by atoms with Gasteiger partial charge in [0.25, 0.3) is 5.91 Å². The smallest absolute Gasteiger partial charge is 0.263 e. The lowest BCUT2D eigenvalue weighted by atomic mass is 10.2. The highest BCUT2D eigenvalue weighted by Gasteiger charge is 2.18. The van der Waals surface area contributed by atoms with E-state index in [1.165, 1.54) is 22.3 Å². The Hall–Kier alpha value is -2.65.